The van der Waals surface area contributed by atoms with Crippen LogP contribution in [0.15, 0.2) is 60.7 Å². The average Bonchev–Trinajstić information content (AvgIpc) is 3.00. The Hall–Kier alpha value is -3.22. The lowest BCUT2D eigenvalue weighted by atomic mass is 9.96. The van der Waals surface area contributed by atoms with Gasteiger partial charge >= 0.3 is 0 Å². The van der Waals surface area contributed by atoms with Crippen LogP contribution >= 0.6 is 0 Å². The standard InChI is InChI=1S/C34H48N2O4/c1-37-30-15-9-27(10-16-30)13-19-32-29(14-20-33(39-3)34(32)40-4)22-26-36-24-8-6-5-7-23-35-25-21-28-11-17-31(38-2)18-12-28/h9-12,14-18,20,35-36H,5-8,13,19,21-26H2,1-4H3. The molecule has 0 fully saturated rings. The van der Waals surface area contributed by atoms with Gasteiger partial charge in [-0.05, 0) is 112 Å². The molecule has 0 radical (unpaired) electrons. The molecule has 40 heavy (non-hydrogen) atoms. The molecular weight excluding hydrogens is 500 g/mol. The molecule has 0 aliphatic carbocycles. The van der Waals surface area contributed by atoms with Crippen LogP contribution in [0.4, 0.5) is 0 Å². The molecular formula is C34H48N2O4. The van der Waals surface area contributed by atoms with E-state index < -0.39 is 0 Å². The van der Waals surface area contributed by atoms with Crippen molar-refractivity contribution in [3.05, 3.63) is 82.9 Å². The molecule has 0 aliphatic heterocycles. The van der Waals surface area contributed by atoms with Crippen molar-refractivity contribution in [2.45, 2.75) is 51.4 Å². The van der Waals surface area contributed by atoms with Gasteiger partial charge in [0.2, 0.25) is 0 Å². The van der Waals surface area contributed by atoms with Crippen molar-refractivity contribution in [2.75, 3.05) is 54.6 Å². The van der Waals surface area contributed by atoms with E-state index in [1.807, 2.05) is 30.3 Å². The van der Waals surface area contributed by atoms with E-state index in [1.54, 1.807) is 28.4 Å². The van der Waals surface area contributed by atoms with Gasteiger partial charge in [0.15, 0.2) is 11.5 Å². The predicted octanol–water partition coefficient (Wildman–Crippen LogP) is 6.03. The molecule has 3 aromatic carbocycles. The molecule has 0 atom stereocenters. The van der Waals surface area contributed by atoms with Crippen LogP contribution in [0.1, 0.15) is 47.9 Å². The number of rotatable bonds is 20. The minimum atomic E-state index is 0.791. The summed E-state index contributed by atoms with van der Waals surface area (Å²) in [7, 11) is 6.83. The van der Waals surface area contributed by atoms with Gasteiger partial charge in [-0.25, -0.2) is 0 Å². The van der Waals surface area contributed by atoms with Crippen molar-refractivity contribution in [3.8, 4) is 23.0 Å². The van der Waals surface area contributed by atoms with E-state index in [-0.39, 0.29) is 0 Å². The Kier molecular flexibility index (Phi) is 14.2. The number of unbranched alkanes of at least 4 members (excludes halogenated alkanes) is 3. The summed E-state index contributed by atoms with van der Waals surface area (Å²) in [6, 6.07) is 20.8. The van der Waals surface area contributed by atoms with Gasteiger partial charge < -0.3 is 29.6 Å². The van der Waals surface area contributed by atoms with Gasteiger partial charge in [-0.2, -0.15) is 0 Å². The second-order valence-electron chi connectivity index (χ2n) is 10.0. The van der Waals surface area contributed by atoms with E-state index in [4.69, 9.17) is 18.9 Å². The van der Waals surface area contributed by atoms with E-state index >= 15 is 0 Å². The Balaban J connectivity index is 1.32. The van der Waals surface area contributed by atoms with E-state index in [9.17, 15) is 0 Å². The summed E-state index contributed by atoms with van der Waals surface area (Å²) in [6.45, 7) is 4.12. The minimum Gasteiger partial charge on any atom is -0.497 e. The number of hydrogen-bond donors (Lipinski definition) is 2. The van der Waals surface area contributed by atoms with E-state index in [0.717, 1.165) is 74.9 Å². The molecule has 0 bridgehead atoms. The third kappa shape index (κ3) is 10.4. The van der Waals surface area contributed by atoms with Crippen LogP contribution in [-0.4, -0.2) is 54.6 Å². The fraction of sp³-hybridized carbons (Fsp3) is 0.471. The maximum atomic E-state index is 5.80. The molecule has 6 nitrogen and oxygen atoms in total. The van der Waals surface area contributed by atoms with Crippen LogP contribution in [0.3, 0.4) is 0 Å². The summed E-state index contributed by atoms with van der Waals surface area (Å²) in [4.78, 5) is 0. The first-order valence-electron chi connectivity index (χ1n) is 14.6. The second kappa shape index (κ2) is 18.2. The van der Waals surface area contributed by atoms with Crippen LogP contribution in [0, 0.1) is 0 Å². The maximum Gasteiger partial charge on any atom is 0.164 e. The fourth-order valence-corrected chi connectivity index (χ4v) is 4.95. The van der Waals surface area contributed by atoms with Crippen molar-refractivity contribution >= 4 is 0 Å². The molecule has 0 spiro atoms. The van der Waals surface area contributed by atoms with Crippen molar-refractivity contribution in [3.63, 3.8) is 0 Å². The lowest BCUT2D eigenvalue weighted by Crippen LogP contribution is -2.20. The van der Waals surface area contributed by atoms with Gasteiger partial charge in [0.1, 0.15) is 11.5 Å². The molecule has 2 N–H and O–H groups in total. The average molecular weight is 549 g/mol. The first kappa shape index (κ1) is 31.3. The number of ether oxygens (including phenoxy) is 4. The van der Waals surface area contributed by atoms with Crippen LogP contribution in [0.5, 0.6) is 23.0 Å². The van der Waals surface area contributed by atoms with Gasteiger partial charge in [-0.1, -0.05) is 43.2 Å². The molecule has 0 amide bonds. The molecule has 0 aromatic heterocycles. The zero-order valence-electron chi connectivity index (χ0n) is 24.9. The topological polar surface area (TPSA) is 61.0 Å². The van der Waals surface area contributed by atoms with Crippen LogP contribution in [0.25, 0.3) is 0 Å². The number of hydrogen-bond acceptors (Lipinski definition) is 6. The van der Waals surface area contributed by atoms with Crippen LogP contribution in [-0.2, 0) is 25.7 Å². The Labute approximate surface area is 241 Å². The summed E-state index contributed by atoms with van der Waals surface area (Å²) < 4.78 is 21.9. The zero-order valence-corrected chi connectivity index (χ0v) is 24.9. The summed E-state index contributed by atoms with van der Waals surface area (Å²) >= 11 is 0. The van der Waals surface area contributed by atoms with Gasteiger partial charge in [-0.15, -0.1) is 0 Å². The molecule has 218 valence electrons. The fourth-order valence-electron chi connectivity index (χ4n) is 4.95. The van der Waals surface area contributed by atoms with Crippen LogP contribution < -0.4 is 29.6 Å². The SMILES string of the molecule is COc1ccc(CCNCCCCCCNCCc2ccc(OC)c(OC)c2CCc2ccc(OC)cc2)cc1. The normalized spacial score (nSPS) is 10.9. The molecule has 0 aliphatic rings. The molecule has 3 aromatic rings. The smallest absolute Gasteiger partial charge is 0.164 e. The van der Waals surface area contributed by atoms with Crippen molar-refractivity contribution in [1.82, 2.24) is 10.6 Å². The summed E-state index contributed by atoms with van der Waals surface area (Å²) in [5, 5.41) is 7.21. The highest BCUT2D eigenvalue weighted by Gasteiger charge is 2.15. The largest absolute Gasteiger partial charge is 0.497 e. The molecule has 0 heterocycles. The number of aryl methyl sites for hydroxylation is 1. The Morgan fingerprint density at radius 1 is 0.475 bits per heavy atom. The van der Waals surface area contributed by atoms with E-state index in [0.29, 0.717) is 0 Å². The third-order valence-corrected chi connectivity index (χ3v) is 7.35. The molecule has 0 saturated heterocycles. The molecule has 0 saturated carbocycles. The predicted molar refractivity (Wildman–Crippen MR) is 165 cm³/mol. The van der Waals surface area contributed by atoms with Crippen LogP contribution in [0.2, 0.25) is 0 Å². The molecule has 6 heteroatoms. The maximum absolute atomic E-state index is 5.80. The number of nitrogens with one attached hydrogen (secondary N) is 2. The van der Waals surface area contributed by atoms with E-state index in [1.165, 1.54) is 47.9 Å². The molecule has 3 rings (SSSR count). The highest BCUT2D eigenvalue weighted by atomic mass is 16.5. The highest BCUT2D eigenvalue weighted by molar-refractivity contribution is 5.51. The lowest BCUT2D eigenvalue weighted by Gasteiger charge is -2.17. The van der Waals surface area contributed by atoms with Gasteiger partial charge in [0, 0.05) is 5.56 Å². The number of methoxy groups -OCH3 is 4. The molecule has 0 unspecified atom stereocenters. The first-order valence-corrected chi connectivity index (χ1v) is 14.6. The van der Waals surface area contributed by atoms with Gasteiger partial charge in [0.25, 0.3) is 0 Å². The Morgan fingerprint density at radius 2 is 1.02 bits per heavy atom. The van der Waals surface area contributed by atoms with Crippen molar-refractivity contribution in [1.29, 1.82) is 0 Å². The van der Waals surface area contributed by atoms with Crippen molar-refractivity contribution in [2.24, 2.45) is 0 Å². The van der Waals surface area contributed by atoms with Gasteiger partial charge in [0.05, 0.1) is 28.4 Å². The highest BCUT2D eigenvalue weighted by Crippen LogP contribution is 2.34. The third-order valence-electron chi connectivity index (χ3n) is 7.35. The summed E-state index contributed by atoms with van der Waals surface area (Å²) in [6.07, 6.45) is 8.82. The summed E-state index contributed by atoms with van der Waals surface area (Å²) in [5.74, 6) is 3.44. The Bertz CT molecular complexity index is 1100. The minimum absolute atomic E-state index is 0.791. The number of benzene rings is 3. The Morgan fingerprint density at radius 3 is 1.55 bits per heavy atom. The first-order chi connectivity index (χ1) is 19.7. The van der Waals surface area contributed by atoms with E-state index in [2.05, 4.69) is 41.0 Å². The quantitative estimate of drug-likeness (QED) is 0.168. The second-order valence-corrected chi connectivity index (χ2v) is 10.0. The monoisotopic (exact) mass is 548 g/mol. The lowest BCUT2D eigenvalue weighted by molar-refractivity contribution is 0.351. The zero-order chi connectivity index (χ0) is 28.4. The van der Waals surface area contributed by atoms with Gasteiger partial charge in [-0.3, -0.25) is 0 Å². The summed E-state index contributed by atoms with van der Waals surface area (Å²) in [5.41, 5.74) is 5.18. The van der Waals surface area contributed by atoms with Crippen molar-refractivity contribution < 1.29 is 18.9 Å².